The van der Waals surface area contributed by atoms with Crippen molar-refractivity contribution in [1.82, 2.24) is 0 Å². The largest absolute Gasteiger partial charge is 0.392 e. The van der Waals surface area contributed by atoms with Crippen LogP contribution in [0.5, 0.6) is 0 Å². The average molecular weight is 272 g/mol. The highest BCUT2D eigenvalue weighted by Crippen LogP contribution is 2.29. The molecule has 0 heterocycles. The van der Waals surface area contributed by atoms with Crippen LogP contribution in [0.3, 0.4) is 0 Å². The fraction of sp³-hybridized carbons (Fsp3) is 0.571. The smallest absolute Gasteiger partial charge is 0.0716 e. The van der Waals surface area contributed by atoms with E-state index in [1.54, 1.807) is 7.11 Å². The maximum atomic E-state index is 9.49. The van der Waals surface area contributed by atoms with E-state index in [0.717, 1.165) is 24.2 Å². The highest BCUT2D eigenvalue weighted by molar-refractivity contribution is 6.31. The molecule has 3 nitrogen and oxygen atoms in total. The molecule has 102 valence electrons. The second-order valence-corrected chi connectivity index (χ2v) is 4.75. The summed E-state index contributed by atoms with van der Waals surface area (Å²) in [7, 11) is 1.69. The molecule has 0 aliphatic rings. The van der Waals surface area contributed by atoms with Crippen molar-refractivity contribution in [2.45, 2.75) is 32.9 Å². The summed E-state index contributed by atoms with van der Waals surface area (Å²) in [4.78, 5) is 2.24. The SMILES string of the molecule is CCC(C)N(CCOC)c1cccc(Cl)c1CO. The summed E-state index contributed by atoms with van der Waals surface area (Å²) in [6.07, 6.45) is 1.03. The molecule has 0 saturated heterocycles. The normalized spacial score (nSPS) is 12.5. The van der Waals surface area contributed by atoms with Gasteiger partial charge in [-0.1, -0.05) is 24.6 Å². The van der Waals surface area contributed by atoms with Gasteiger partial charge in [0.05, 0.1) is 13.2 Å². The lowest BCUT2D eigenvalue weighted by atomic mass is 10.1. The number of methoxy groups -OCH3 is 1. The van der Waals surface area contributed by atoms with Crippen LogP contribution >= 0.6 is 11.6 Å². The Kier molecular flexibility index (Phi) is 6.47. The predicted octanol–water partition coefficient (Wildman–Crippen LogP) is 3.08. The molecule has 1 N–H and O–H groups in total. The Morgan fingerprint density at radius 2 is 2.17 bits per heavy atom. The summed E-state index contributed by atoms with van der Waals surface area (Å²) in [6.45, 7) is 5.71. The molecule has 0 radical (unpaired) electrons. The molecule has 18 heavy (non-hydrogen) atoms. The second-order valence-electron chi connectivity index (χ2n) is 4.34. The quantitative estimate of drug-likeness (QED) is 0.827. The van der Waals surface area contributed by atoms with Gasteiger partial charge in [0.25, 0.3) is 0 Å². The topological polar surface area (TPSA) is 32.7 Å². The highest BCUT2D eigenvalue weighted by Gasteiger charge is 2.17. The lowest BCUT2D eigenvalue weighted by molar-refractivity contribution is 0.203. The van der Waals surface area contributed by atoms with Gasteiger partial charge in [0, 0.05) is 36.0 Å². The van der Waals surface area contributed by atoms with Gasteiger partial charge in [-0.3, -0.25) is 0 Å². The number of aliphatic hydroxyl groups excluding tert-OH is 1. The molecule has 1 rings (SSSR count). The molecule has 0 aromatic heterocycles. The first-order chi connectivity index (χ1) is 8.65. The number of ether oxygens (including phenoxy) is 1. The Morgan fingerprint density at radius 1 is 1.44 bits per heavy atom. The lowest BCUT2D eigenvalue weighted by Gasteiger charge is -2.32. The Morgan fingerprint density at radius 3 is 2.72 bits per heavy atom. The van der Waals surface area contributed by atoms with E-state index >= 15 is 0 Å². The van der Waals surface area contributed by atoms with Crippen molar-refractivity contribution in [3.8, 4) is 0 Å². The van der Waals surface area contributed by atoms with Gasteiger partial charge in [-0.15, -0.1) is 0 Å². The molecule has 1 atom stereocenters. The lowest BCUT2D eigenvalue weighted by Crippen LogP contribution is -2.36. The zero-order valence-corrected chi connectivity index (χ0v) is 12.1. The van der Waals surface area contributed by atoms with E-state index in [9.17, 15) is 5.11 Å². The van der Waals surface area contributed by atoms with E-state index in [4.69, 9.17) is 16.3 Å². The molecule has 0 bridgehead atoms. The minimum Gasteiger partial charge on any atom is -0.392 e. The van der Waals surface area contributed by atoms with Gasteiger partial charge in [-0.05, 0) is 25.5 Å². The van der Waals surface area contributed by atoms with Gasteiger partial charge in [-0.2, -0.15) is 0 Å². The van der Waals surface area contributed by atoms with Crippen LogP contribution in [0.4, 0.5) is 5.69 Å². The molecule has 0 spiro atoms. The first kappa shape index (κ1) is 15.3. The van der Waals surface area contributed by atoms with Crippen LogP contribution in [0.15, 0.2) is 18.2 Å². The molecule has 1 aromatic rings. The van der Waals surface area contributed by atoms with Crippen LogP contribution in [0.1, 0.15) is 25.8 Å². The average Bonchev–Trinajstić information content (AvgIpc) is 2.39. The van der Waals surface area contributed by atoms with Crippen LogP contribution in [-0.4, -0.2) is 31.4 Å². The summed E-state index contributed by atoms with van der Waals surface area (Å²) >= 11 is 6.14. The Hall–Kier alpha value is -0.770. The highest BCUT2D eigenvalue weighted by atomic mass is 35.5. The Labute approximate surface area is 114 Å². The summed E-state index contributed by atoms with van der Waals surface area (Å²) in [5.41, 5.74) is 1.78. The van der Waals surface area contributed by atoms with E-state index in [0.29, 0.717) is 17.7 Å². The van der Waals surface area contributed by atoms with Gasteiger partial charge < -0.3 is 14.7 Å². The number of nitrogens with zero attached hydrogens (tertiary/aromatic N) is 1. The molecule has 4 heteroatoms. The van der Waals surface area contributed by atoms with E-state index in [-0.39, 0.29) is 6.61 Å². The van der Waals surface area contributed by atoms with Crippen LogP contribution in [-0.2, 0) is 11.3 Å². The third kappa shape index (κ3) is 3.61. The zero-order chi connectivity index (χ0) is 13.5. The predicted molar refractivity (Wildman–Crippen MR) is 76.3 cm³/mol. The van der Waals surface area contributed by atoms with Crippen LogP contribution < -0.4 is 4.90 Å². The van der Waals surface area contributed by atoms with Gasteiger partial charge in [0.1, 0.15) is 0 Å². The number of halogens is 1. The number of rotatable bonds is 7. The molecule has 1 aromatic carbocycles. The van der Waals surface area contributed by atoms with Crippen LogP contribution in [0.2, 0.25) is 5.02 Å². The van der Waals surface area contributed by atoms with E-state index < -0.39 is 0 Å². The zero-order valence-electron chi connectivity index (χ0n) is 11.3. The number of benzene rings is 1. The maximum Gasteiger partial charge on any atom is 0.0716 e. The minimum absolute atomic E-state index is 0.0467. The van der Waals surface area contributed by atoms with Crippen molar-refractivity contribution in [2.24, 2.45) is 0 Å². The summed E-state index contributed by atoms with van der Waals surface area (Å²) < 4.78 is 5.16. The molecule has 0 amide bonds. The molecule has 1 unspecified atom stereocenters. The van der Waals surface area contributed by atoms with E-state index in [2.05, 4.69) is 18.7 Å². The fourth-order valence-corrected chi connectivity index (χ4v) is 2.19. The third-order valence-corrected chi connectivity index (χ3v) is 3.57. The number of hydrogen-bond acceptors (Lipinski definition) is 3. The van der Waals surface area contributed by atoms with Gasteiger partial charge >= 0.3 is 0 Å². The van der Waals surface area contributed by atoms with E-state index in [1.165, 1.54) is 0 Å². The number of aliphatic hydroxyl groups is 1. The fourth-order valence-electron chi connectivity index (χ4n) is 1.96. The minimum atomic E-state index is -0.0467. The molecule has 0 fully saturated rings. The Bertz CT molecular complexity index is 371. The molecular formula is C14H22ClNO2. The standard InChI is InChI=1S/C14H22ClNO2/c1-4-11(2)16(8-9-18-3)14-7-5-6-13(15)12(14)10-17/h5-7,11,17H,4,8-10H2,1-3H3. The van der Waals surface area contributed by atoms with Crippen molar-refractivity contribution in [1.29, 1.82) is 0 Å². The van der Waals surface area contributed by atoms with Crippen molar-refractivity contribution < 1.29 is 9.84 Å². The van der Waals surface area contributed by atoms with E-state index in [1.807, 2.05) is 18.2 Å². The second kappa shape index (κ2) is 7.62. The molecule has 0 aliphatic carbocycles. The van der Waals surface area contributed by atoms with Crippen molar-refractivity contribution in [3.05, 3.63) is 28.8 Å². The van der Waals surface area contributed by atoms with Crippen molar-refractivity contribution in [2.75, 3.05) is 25.2 Å². The van der Waals surface area contributed by atoms with Crippen molar-refractivity contribution in [3.63, 3.8) is 0 Å². The summed E-state index contributed by atoms with van der Waals surface area (Å²) in [6, 6.07) is 6.10. The molecule has 0 aliphatic heterocycles. The van der Waals surface area contributed by atoms with Crippen LogP contribution in [0.25, 0.3) is 0 Å². The Balaban J connectivity index is 3.07. The number of anilines is 1. The summed E-state index contributed by atoms with van der Waals surface area (Å²) in [5, 5.41) is 10.1. The molecular weight excluding hydrogens is 250 g/mol. The van der Waals surface area contributed by atoms with Crippen molar-refractivity contribution >= 4 is 17.3 Å². The molecule has 0 saturated carbocycles. The summed E-state index contributed by atoms with van der Waals surface area (Å²) in [5.74, 6) is 0. The monoisotopic (exact) mass is 271 g/mol. The number of hydrogen-bond donors (Lipinski definition) is 1. The third-order valence-electron chi connectivity index (χ3n) is 3.22. The van der Waals surface area contributed by atoms with Gasteiger partial charge in [0.2, 0.25) is 0 Å². The van der Waals surface area contributed by atoms with Crippen LogP contribution in [0, 0.1) is 0 Å². The maximum absolute atomic E-state index is 9.49. The first-order valence-electron chi connectivity index (χ1n) is 6.29. The first-order valence-corrected chi connectivity index (χ1v) is 6.67. The van der Waals surface area contributed by atoms with Gasteiger partial charge in [0.15, 0.2) is 0 Å². The van der Waals surface area contributed by atoms with Gasteiger partial charge in [-0.25, -0.2) is 0 Å².